The number of hydrogen-bond acceptors (Lipinski definition) is 5. The minimum Gasteiger partial charge on any atom is -0.458 e. The number of ether oxygens (including phenoxy) is 1. The van der Waals surface area contributed by atoms with E-state index in [9.17, 15) is 24.3 Å². The second-order valence-corrected chi connectivity index (χ2v) is 8.65. The van der Waals surface area contributed by atoms with Crippen LogP contribution in [-0.2, 0) is 18.6 Å². The van der Waals surface area contributed by atoms with Gasteiger partial charge in [-0.1, -0.05) is 63.3 Å². The van der Waals surface area contributed by atoms with Crippen molar-refractivity contribution < 1.29 is 33.5 Å². The molecule has 0 bridgehead atoms. The summed E-state index contributed by atoms with van der Waals surface area (Å²) in [6.45, 7) is 7.45. The van der Waals surface area contributed by atoms with Crippen molar-refractivity contribution in [2.24, 2.45) is 17.8 Å². The van der Waals surface area contributed by atoms with Gasteiger partial charge in [0.05, 0.1) is 12.2 Å². The van der Waals surface area contributed by atoms with Crippen LogP contribution in [0.5, 0.6) is 0 Å². The third-order valence-electron chi connectivity index (χ3n) is 5.01. The van der Waals surface area contributed by atoms with Gasteiger partial charge in [-0.2, -0.15) is 0 Å². The zero-order valence-electron chi connectivity index (χ0n) is 18.4. The van der Waals surface area contributed by atoms with Crippen molar-refractivity contribution in [2.45, 2.75) is 58.8 Å². The van der Waals surface area contributed by atoms with Crippen molar-refractivity contribution in [3.8, 4) is 0 Å². The zero-order chi connectivity index (χ0) is 22.0. The summed E-state index contributed by atoms with van der Waals surface area (Å²) in [5, 5.41) is 10.4. The van der Waals surface area contributed by atoms with Crippen LogP contribution in [-0.4, -0.2) is 68.7 Å². The Kier molecular flexibility index (Phi) is 14.3. The molecule has 0 fully saturated rings. The molecule has 3 N–H and O–H groups in total. The number of aliphatic hydroxyl groups excluding tert-OH is 1. The first-order valence-electron chi connectivity index (χ1n) is 9.82. The molecule has 1 radical (unpaired) electrons. The van der Waals surface area contributed by atoms with Gasteiger partial charge in [-0.25, -0.2) is 9.36 Å². The van der Waals surface area contributed by atoms with E-state index in [4.69, 9.17) is 9.26 Å². The van der Waals surface area contributed by atoms with E-state index in [1.807, 2.05) is 32.9 Å². The van der Waals surface area contributed by atoms with E-state index in [1.54, 1.807) is 37.3 Å². The standard InChI is InChI=1S/C21H33O7P.Na/c1-5-6-7-8-9-10-18(22)17(4)19(28-29(24,25)26)13-11-15(2)21-16(3)12-14-20(23)27-21;/h5-10,12,14-19,21-22H,11,13H2,1-4H3,(H2,24,25,26);/b6-5+,8-7-,10-9-;. The molecule has 0 aromatic carbocycles. The molecule has 0 aromatic heterocycles. The number of phosphoric ester groups is 1. The van der Waals surface area contributed by atoms with Crippen molar-refractivity contribution >= 4 is 43.3 Å². The number of rotatable bonds is 11. The summed E-state index contributed by atoms with van der Waals surface area (Å²) in [6, 6.07) is 0. The summed E-state index contributed by atoms with van der Waals surface area (Å²) in [5.41, 5.74) is 0. The third kappa shape index (κ3) is 11.2. The number of esters is 1. The molecule has 7 nitrogen and oxygen atoms in total. The van der Waals surface area contributed by atoms with Crippen molar-refractivity contribution in [1.82, 2.24) is 0 Å². The first kappa shape index (κ1) is 29.5. The molecule has 9 heteroatoms. The number of allylic oxidation sites excluding steroid dienone is 5. The second kappa shape index (κ2) is 14.5. The maximum Gasteiger partial charge on any atom is 0.469 e. The smallest absolute Gasteiger partial charge is 0.458 e. The Labute approximate surface area is 201 Å². The molecule has 0 saturated carbocycles. The molecule has 30 heavy (non-hydrogen) atoms. The molecule has 165 valence electrons. The van der Waals surface area contributed by atoms with Crippen LogP contribution in [0.4, 0.5) is 0 Å². The summed E-state index contributed by atoms with van der Waals surface area (Å²) in [6.07, 6.45) is 12.4. The quantitative estimate of drug-likeness (QED) is 0.191. The maximum atomic E-state index is 11.5. The van der Waals surface area contributed by atoms with Crippen LogP contribution in [0.2, 0.25) is 0 Å². The molecule has 6 atom stereocenters. The molecule has 1 aliphatic heterocycles. The Morgan fingerprint density at radius 1 is 1.20 bits per heavy atom. The predicted octanol–water partition coefficient (Wildman–Crippen LogP) is 3.30. The third-order valence-corrected chi connectivity index (χ3v) is 5.55. The van der Waals surface area contributed by atoms with Crippen LogP contribution in [0.3, 0.4) is 0 Å². The number of aliphatic hydroxyl groups is 1. The van der Waals surface area contributed by atoms with Crippen LogP contribution in [0.25, 0.3) is 0 Å². The Morgan fingerprint density at radius 3 is 2.43 bits per heavy atom. The van der Waals surface area contributed by atoms with Crippen molar-refractivity contribution in [3.63, 3.8) is 0 Å². The molecule has 6 unspecified atom stereocenters. The van der Waals surface area contributed by atoms with Crippen LogP contribution in [0, 0.1) is 17.8 Å². The number of carbonyl (C=O) groups is 1. The Bertz CT molecular complexity index is 683. The molecule has 0 aromatic rings. The SMILES string of the molecule is C/C=C/C=C\C=C/C(O)C(C)C(CCC(C)C1OC(=O)C=CC1C)OP(=O)(O)O.[Na]. The Balaban J connectivity index is 0.00000841. The van der Waals surface area contributed by atoms with Gasteiger partial charge in [0.1, 0.15) is 6.10 Å². The van der Waals surface area contributed by atoms with E-state index in [-0.39, 0.29) is 53.5 Å². The monoisotopic (exact) mass is 451 g/mol. The summed E-state index contributed by atoms with van der Waals surface area (Å²) in [4.78, 5) is 30.1. The van der Waals surface area contributed by atoms with E-state index < -0.39 is 25.9 Å². The van der Waals surface area contributed by atoms with E-state index in [0.29, 0.717) is 12.8 Å². The van der Waals surface area contributed by atoms with E-state index in [1.165, 1.54) is 6.08 Å². The van der Waals surface area contributed by atoms with Gasteiger partial charge in [-0.3, -0.25) is 4.52 Å². The summed E-state index contributed by atoms with van der Waals surface area (Å²) in [7, 11) is -4.73. The molecular weight excluding hydrogens is 418 g/mol. The van der Waals surface area contributed by atoms with Crippen LogP contribution in [0.15, 0.2) is 48.6 Å². The molecule has 1 rings (SSSR count). The molecule has 0 spiro atoms. The van der Waals surface area contributed by atoms with Gasteiger partial charge in [0.2, 0.25) is 0 Å². The minimum atomic E-state index is -4.73. The number of carbonyl (C=O) groups excluding carboxylic acids is 1. The summed E-state index contributed by atoms with van der Waals surface area (Å²) >= 11 is 0. The van der Waals surface area contributed by atoms with Gasteiger partial charge >= 0.3 is 13.8 Å². The summed E-state index contributed by atoms with van der Waals surface area (Å²) < 4.78 is 21.8. The second-order valence-electron chi connectivity index (χ2n) is 7.45. The fourth-order valence-electron chi connectivity index (χ4n) is 3.25. The first-order valence-corrected chi connectivity index (χ1v) is 11.3. The molecule has 1 heterocycles. The van der Waals surface area contributed by atoms with Gasteiger partial charge < -0.3 is 19.6 Å². The fraction of sp³-hybridized carbons (Fsp3) is 0.571. The molecular formula is C21H33NaO7P. The Hall–Kier alpha value is -0.500. The maximum absolute atomic E-state index is 11.5. The van der Waals surface area contributed by atoms with Crippen LogP contribution < -0.4 is 0 Å². The molecule has 0 aliphatic carbocycles. The van der Waals surface area contributed by atoms with Gasteiger partial charge in [-0.05, 0) is 25.7 Å². The van der Waals surface area contributed by atoms with Gasteiger partial charge in [0.15, 0.2) is 0 Å². The molecule has 0 saturated heterocycles. The van der Waals surface area contributed by atoms with E-state index in [2.05, 4.69) is 0 Å². The minimum absolute atomic E-state index is 0. The normalized spacial score (nSPS) is 24.0. The van der Waals surface area contributed by atoms with Crippen molar-refractivity contribution in [3.05, 3.63) is 48.6 Å². The van der Waals surface area contributed by atoms with E-state index >= 15 is 0 Å². The van der Waals surface area contributed by atoms with Crippen molar-refractivity contribution in [2.75, 3.05) is 0 Å². The summed E-state index contributed by atoms with van der Waals surface area (Å²) in [5.74, 6) is -0.917. The molecule has 0 amide bonds. The molecule has 1 aliphatic rings. The predicted molar refractivity (Wildman–Crippen MR) is 118 cm³/mol. The number of cyclic esters (lactones) is 1. The van der Waals surface area contributed by atoms with Gasteiger partial charge in [-0.15, -0.1) is 0 Å². The van der Waals surface area contributed by atoms with Gasteiger partial charge in [0, 0.05) is 47.5 Å². The van der Waals surface area contributed by atoms with Crippen molar-refractivity contribution in [1.29, 1.82) is 0 Å². The largest absolute Gasteiger partial charge is 0.469 e. The Morgan fingerprint density at radius 2 is 1.83 bits per heavy atom. The zero-order valence-corrected chi connectivity index (χ0v) is 21.3. The average Bonchev–Trinajstić information content (AvgIpc) is 2.64. The van der Waals surface area contributed by atoms with Crippen LogP contribution >= 0.6 is 7.82 Å². The number of hydrogen-bond donors (Lipinski definition) is 3. The van der Waals surface area contributed by atoms with Crippen LogP contribution in [0.1, 0.15) is 40.5 Å². The van der Waals surface area contributed by atoms with E-state index in [0.717, 1.165) is 0 Å². The topological polar surface area (TPSA) is 113 Å². The fourth-order valence-corrected chi connectivity index (χ4v) is 3.90. The average molecular weight is 451 g/mol. The first-order chi connectivity index (χ1) is 13.5. The van der Waals surface area contributed by atoms with Gasteiger partial charge in [0.25, 0.3) is 0 Å². The number of phosphoric acid groups is 1.